The summed E-state index contributed by atoms with van der Waals surface area (Å²) >= 11 is 0. The van der Waals surface area contributed by atoms with Crippen LogP contribution in [0, 0.1) is 0 Å². The quantitative estimate of drug-likeness (QED) is 0.361. The van der Waals surface area contributed by atoms with E-state index in [-0.39, 0.29) is 24.9 Å². The fourth-order valence-corrected chi connectivity index (χ4v) is 4.32. The number of allylic oxidation sites excluding steroid dienone is 1. The van der Waals surface area contributed by atoms with E-state index in [0.717, 1.165) is 22.0 Å². The molecule has 0 saturated carbocycles. The van der Waals surface area contributed by atoms with Crippen LogP contribution in [0.15, 0.2) is 42.1 Å². The molecule has 6 N–H and O–H groups in total. The molecule has 0 unspecified atom stereocenters. The summed E-state index contributed by atoms with van der Waals surface area (Å²) in [5, 5.41) is 9.20. The predicted molar refractivity (Wildman–Crippen MR) is 133 cm³/mol. The summed E-state index contributed by atoms with van der Waals surface area (Å²) in [5.41, 5.74) is 8.17. The van der Waals surface area contributed by atoms with E-state index in [9.17, 15) is 19.2 Å². The first-order valence-corrected chi connectivity index (χ1v) is 11.7. The summed E-state index contributed by atoms with van der Waals surface area (Å²) < 4.78 is 0. The van der Waals surface area contributed by atoms with Crippen LogP contribution in [-0.4, -0.2) is 64.3 Å². The highest BCUT2D eigenvalue weighted by Crippen LogP contribution is 2.22. The summed E-state index contributed by atoms with van der Waals surface area (Å²) in [7, 11) is 0. The molecule has 0 spiro atoms. The number of fused-ring (bicyclic) bond motifs is 1. The van der Waals surface area contributed by atoms with Crippen LogP contribution in [0.3, 0.4) is 0 Å². The molecule has 188 valence electrons. The normalized spacial score (nSPS) is 18.3. The van der Waals surface area contributed by atoms with Gasteiger partial charge in [-0.25, -0.2) is 4.79 Å². The van der Waals surface area contributed by atoms with Gasteiger partial charge in [0.25, 0.3) is 0 Å². The Hall–Kier alpha value is -3.82. The van der Waals surface area contributed by atoms with Gasteiger partial charge in [0.15, 0.2) is 0 Å². The van der Waals surface area contributed by atoms with Gasteiger partial charge in [0.1, 0.15) is 12.1 Å². The van der Waals surface area contributed by atoms with E-state index in [1.165, 1.54) is 11.0 Å². The van der Waals surface area contributed by atoms with E-state index in [1.807, 2.05) is 38.1 Å². The maximum atomic E-state index is 13.5. The van der Waals surface area contributed by atoms with Gasteiger partial charge >= 0.3 is 6.03 Å². The molecule has 1 aromatic carbocycles. The van der Waals surface area contributed by atoms with Gasteiger partial charge in [-0.3, -0.25) is 14.4 Å². The second-order valence-corrected chi connectivity index (χ2v) is 9.39. The fourth-order valence-electron chi connectivity index (χ4n) is 4.32. The summed E-state index contributed by atoms with van der Waals surface area (Å²) in [5.74, 6) is -1.56. The SMILES string of the molecule is CC(C)=CC(=O)N1CC[C@H](NC(=O)NC(C)C)[C@H]1C(=O)N[C@H](Cc1c[nH]c2ccccc12)C(N)=O. The molecule has 1 fully saturated rings. The maximum Gasteiger partial charge on any atom is 0.315 e. The predicted octanol–water partition coefficient (Wildman–Crippen LogP) is 1.32. The second-order valence-electron chi connectivity index (χ2n) is 9.39. The van der Waals surface area contributed by atoms with Gasteiger partial charge in [0, 0.05) is 42.2 Å². The van der Waals surface area contributed by atoms with Crippen LogP contribution in [0.2, 0.25) is 0 Å². The molecule has 1 aliphatic heterocycles. The molecule has 0 aliphatic carbocycles. The second kappa shape index (κ2) is 11.1. The molecule has 1 aromatic heterocycles. The van der Waals surface area contributed by atoms with E-state index in [2.05, 4.69) is 20.9 Å². The number of hydrogen-bond acceptors (Lipinski definition) is 4. The number of rotatable bonds is 8. The number of aromatic nitrogens is 1. The molecular formula is C25H34N6O4. The van der Waals surface area contributed by atoms with Crippen molar-refractivity contribution in [3.05, 3.63) is 47.7 Å². The van der Waals surface area contributed by atoms with Crippen molar-refractivity contribution in [3.8, 4) is 0 Å². The number of primary amides is 1. The lowest BCUT2D eigenvalue weighted by molar-refractivity contribution is -0.137. The highest BCUT2D eigenvalue weighted by atomic mass is 16.2. The molecule has 35 heavy (non-hydrogen) atoms. The van der Waals surface area contributed by atoms with Crippen LogP contribution in [0.4, 0.5) is 4.79 Å². The summed E-state index contributed by atoms with van der Waals surface area (Å²) in [4.78, 5) is 55.5. The molecule has 10 nitrogen and oxygen atoms in total. The topological polar surface area (TPSA) is 149 Å². The minimum atomic E-state index is -0.993. The van der Waals surface area contributed by atoms with Crippen LogP contribution in [-0.2, 0) is 20.8 Å². The third-order valence-electron chi connectivity index (χ3n) is 5.86. The Labute approximate surface area is 204 Å². The highest BCUT2D eigenvalue weighted by molar-refractivity contribution is 5.96. The first-order valence-electron chi connectivity index (χ1n) is 11.7. The average molecular weight is 483 g/mol. The first-order chi connectivity index (χ1) is 16.6. The van der Waals surface area contributed by atoms with Crippen molar-refractivity contribution in [2.45, 2.75) is 64.7 Å². The number of hydrogen-bond donors (Lipinski definition) is 5. The third kappa shape index (κ3) is 6.40. The van der Waals surface area contributed by atoms with Crippen molar-refractivity contribution >= 4 is 34.7 Å². The number of nitrogens with zero attached hydrogens (tertiary/aromatic N) is 1. The molecular weight excluding hydrogens is 448 g/mol. The minimum Gasteiger partial charge on any atom is -0.368 e. The standard InChI is InChI=1S/C25H34N6O4/c1-14(2)11-21(32)31-10-9-19(30-25(35)28-15(3)4)22(31)24(34)29-20(23(26)33)12-16-13-27-18-8-6-5-7-17(16)18/h5-8,11,13,15,19-20,22,27H,9-10,12H2,1-4H3,(H2,26,33)(H,29,34)(H2,28,30,35)/t19-,20+,22-/m0/s1. The molecule has 2 aromatic rings. The Morgan fingerprint density at radius 1 is 1.17 bits per heavy atom. The van der Waals surface area contributed by atoms with Crippen LogP contribution in [0.1, 0.15) is 39.7 Å². The molecule has 3 rings (SSSR count). The van der Waals surface area contributed by atoms with Crippen molar-refractivity contribution in [2.75, 3.05) is 6.54 Å². The van der Waals surface area contributed by atoms with Crippen molar-refractivity contribution in [1.29, 1.82) is 0 Å². The number of aromatic amines is 1. The molecule has 2 heterocycles. The molecule has 3 atom stereocenters. The van der Waals surface area contributed by atoms with Crippen molar-refractivity contribution in [2.24, 2.45) is 5.73 Å². The molecule has 1 aliphatic rings. The summed E-state index contributed by atoms with van der Waals surface area (Å²) in [6.07, 6.45) is 3.82. The molecule has 0 bridgehead atoms. The number of likely N-dealkylation sites (tertiary alicyclic amines) is 1. The van der Waals surface area contributed by atoms with Gasteiger partial charge in [-0.2, -0.15) is 0 Å². The zero-order valence-electron chi connectivity index (χ0n) is 20.6. The Morgan fingerprint density at radius 2 is 1.89 bits per heavy atom. The van der Waals surface area contributed by atoms with E-state index in [1.54, 1.807) is 20.0 Å². The van der Waals surface area contributed by atoms with Gasteiger partial charge in [0.05, 0.1) is 6.04 Å². The van der Waals surface area contributed by atoms with Gasteiger partial charge < -0.3 is 31.6 Å². The number of para-hydroxylation sites is 1. The fraction of sp³-hybridized carbons (Fsp3) is 0.440. The molecule has 1 saturated heterocycles. The lowest BCUT2D eigenvalue weighted by atomic mass is 10.0. The van der Waals surface area contributed by atoms with Crippen LogP contribution < -0.4 is 21.7 Å². The van der Waals surface area contributed by atoms with Crippen LogP contribution in [0.25, 0.3) is 10.9 Å². The number of urea groups is 1. The zero-order valence-corrected chi connectivity index (χ0v) is 20.6. The van der Waals surface area contributed by atoms with Gasteiger partial charge in [-0.05, 0) is 45.7 Å². The van der Waals surface area contributed by atoms with Crippen LogP contribution >= 0.6 is 0 Å². The molecule has 10 heteroatoms. The van der Waals surface area contributed by atoms with Crippen molar-refractivity contribution in [1.82, 2.24) is 25.8 Å². The smallest absolute Gasteiger partial charge is 0.315 e. The lowest BCUT2D eigenvalue weighted by Crippen LogP contribution is -2.59. The maximum absolute atomic E-state index is 13.5. The average Bonchev–Trinajstić information content (AvgIpc) is 3.36. The van der Waals surface area contributed by atoms with Crippen LogP contribution in [0.5, 0.6) is 0 Å². The van der Waals surface area contributed by atoms with Crippen molar-refractivity contribution in [3.63, 3.8) is 0 Å². The van der Waals surface area contributed by atoms with Gasteiger partial charge in [-0.15, -0.1) is 0 Å². The number of nitrogens with one attached hydrogen (secondary N) is 4. The number of H-pyrrole nitrogens is 1. The van der Waals surface area contributed by atoms with E-state index >= 15 is 0 Å². The van der Waals surface area contributed by atoms with E-state index < -0.39 is 36.0 Å². The summed E-state index contributed by atoms with van der Waals surface area (Å²) in [6.45, 7) is 7.52. The monoisotopic (exact) mass is 482 g/mol. The lowest BCUT2D eigenvalue weighted by Gasteiger charge is -2.29. The largest absolute Gasteiger partial charge is 0.368 e. The summed E-state index contributed by atoms with van der Waals surface area (Å²) in [6, 6.07) is 4.51. The number of nitrogens with two attached hydrogens (primary N) is 1. The van der Waals surface area contributed by atoms with Gasteiger partial charge in [-0.1, -0.05) is 23.8 Å². The van der Waals surface area contributed by atoms with E-state index in [0.29, 0.717) is 6.42 Å². The number of amides is 5. The zero-order chi connectivity index (χ0) is 25.7. The molecule has 5 amide bonds. The Kier molecular flexibility index (Phi) is 8.16. The number of carbonyl (C=O) groups is 4. The molecule has 0 radical (unpaired) electrons. The van der Waals surface area contributed by atoms with E-state index in [4.69, 9.17) is 5.73 Å². The van der Waals surface area contributed by atoms with Crippen molar-refractivity contribution < 1.29 is 19.2 Å². The number of carbonyl (C=O) groups excluding carboxylic acids is 4. The Morgan fingerprint density at radius 3 is 2.54 bits per heavy atom. The Bertz CT molecular complexity index is 1130. The minimum absolute atomic E-state index is 0.0949. The Balaban J connectivity index is 1.82. The van der Waals surface area contributed by atoms with Gasteiger partial charge in [0.2, 0.25) is 17.7 Å². The highest BCUT2D eigenvalue weighted by Gasteiger charge is 2.43. The first kappa shape index (κ1) is 25.8. The number of benzene rings is 1. The third-order valence-corrected chi connectivity index (χ3v) is 5.86.